The number of hydrogen-bond acceptors (Lipinski definition) is 3. The van der Waals surface area contributed by atoms with Crippen LogP contribution in [-0.4, -0.2) is 29.0 Å². The van der Waals surface area contributed by atoms with E-state index >= 15 is 0 Å². The maximum absolute atomic E-state index is 11.0. The Bertz CT molecular complexity index is 550. The van der Waals surface area contributed by atoms with Crippen molar-refractivity contribution in [2.45, 2.75) is 39.2 Å². The van der Waals surface area contributed by atoms with Crippen LogP contribution in [0.25, 0.3) is 0 Å². The van der Waals surface area contributed by atoms with Crippen molar-refractivity contribution in [2.75, 3.05) is 11.4 Å². The Kier molecular flexibility index (Phi) is 6.31. The number of para-hydroxylation sites is 1. The number of amidine groups is 1. The van der Waals surface area contributed by atoms with Gasteiger partial charge in [-0.05, 0) is 45.7 Å². The van der Waals surface area contributed by atoms with Gasteiger partial charge in [0.15, 0.2) is 0 Å². The van der Waals surface area contributed by atoms with Crippen molar-refractivity contribution in [3.05, 3.63) is 42.0 Å². The molecule has 0 aliphatic heterocycles. The zero-order valence-electron chi connectivity index (χ0n) is 13.5. The third-order valence-electron chi connectivity index (χ3n) is 3.62. The molecule has 5 nitrogen and oxygen atoms in total. The number of hydrogen-bond donors (Lipinski definition) is 3. The SMILES string of the molecule is CC(=N)N(C/C=C(/C)CC[C@](C)(N)C(=O)O)c1ccccc1. The van der Waals surface area contributed by atoms with Crippen molar-refractivity contribution < 1.29 is 9.90 Å². The highest BCUT2D eigenvalue weighted by atomic mass is 16.4. The summed E-state index contributed by atoms with van der Waals surface area (Å²) in [5.41, 5.74) is 6.56. The molecule has 22 heavy (non-hydrogen) atoms. The summed E-state index contributed by atoms with van der Waals surface area (Å²) in [7, 11) is 0. The lowest BCUT2D eigenvalue weighted by Gasteiger charge is -2.23. The van der Waals surface area contributed by atoms with Crippen LogP contribution in [0.2, 0.25) is 0 Å². The number of benzene rings is 1. The van der Waals surface area contributed by atoms with E-state index < -0.39 is 11.5 Å². The van der Waals surface area contributed by atoms with Gasteiger partial charge in [-0.2, -0.15) is 0 Å². The van der Waals surface area contributed by atoms with E-state index in [1.165, 1.54) is 6.92 Å². The fraction of sp³-hybridized carbons (Fsp3) is 0.412. The molecule has 0 heterocycles. The predicted octanol–water partition coefficient (Wildman–Crippen LogP) is 3.02. The summed E-state index contributed by atoms with van der Waals surface area (Å²) in [5, 5.41) is 16.9. The number of rotatable bonds is 7. The summed E-state index contributed by atoms with van der Waals surface area (Å²) in [6.07, 6.45) is 3.03. The van der Waals surface area contributed by atoms with E-state index in [9.17, 15) is 4.79 Å². The number of aliphatic carboxylic acids is 1. The fourth-order valence-corrected chi connectivity index (χ4v) is 1.96. The van der Waals surface area contributed by atoms with Crippen molar-refractivity contribution in [3.8, 4) is 0 Å². The number of carbonyl (C=O) groups is 1. The van der Waals surface area contributed by atoms with E-state index in [1.807, 2.05) is 48.2 Å². The lowest BCUT2D eigenvalue weighted by atomic mass is 9.95. The van der Waals surface area contributed by atoms with Gasteiger partial charge in [-0.3, -0.25) is 10.2 Å². The van der Waals surface area contributed by atoms with E-state index in [4.69, 9.17) is 16.2 Å². The van der Waals surface area contributed by atoms with Crippen LogP contribution >= 0.6 is 0 Å². The fourth-order valence-electron chi connectivity index (χ4n) is 1.96. The molecule has 0 saturated heterocycles. The quantitative estimate of drug-likeness (QED) is 0.410. The van der Waals surface area contributed by atoms with E-state index in [0.717, 1.165) is 11.3 Å². The molecule has 0 saturated carbocycles. The summed E-state index contributed by atoms with van der Waals surface area (Å²) >= 11 is 0. The van der Waals surface area contributed by atoms with Gasteiger partial charge in [-0.25, -0.2) is 0 Å². The molecule has 0 spiro atoms. The molecule has 1 aromatic carbocycles. The van der Waals surface area contributed by atoms with Crippen molar-refractivity contribution in [3.63, 3.8) is 0 Å². The zero-order valence-corrected chi connectivity index (χ0v) is 13.5. The van der Waals surface area contributed by atoms with Crippen molar-refractivity contribution >= 4 is 17.5 Å². The Hall–Kier alpha value is -2.14. The molecule has 120 valence electrons. The molecule has 0 aliphatic rings. The molecule has 1 atom stereocenters. The minimum absolute atomic E-state index is 0.388. The van der Waals surface area contributed by atoms with Gasteiger partial charge < -0.3 is 15.7 Å². The van der Waals surface area contributed by atoms with Gasteiger partial charge in [0.1, 0.15) is 5.54 Å². The molecule has 0 aliphatic carbocycles. The maximum Gasteiger partial charge on any atom is 0.323 e. The third-order valence-corrected chi connectivity index (χ3v) is 3.62. The first kappa shape index (κ1) is 17.9. The van der Waals surface area contributed by atoms with Gasteiger partial charge >= 0.3 is 5.97 Å². The number of allylic oxidation sites excluding steroid dienone is 1. The number of nitrogens with two attached hydrogens (primary N) is 1. The van der Waals surface area contributed by atoms with Crippen molar-refractivity contribution in [1.29, 1.82) is 5.41 Å². The van der Waals surface area contributed by atoms with Crippen LogP contribution in [0.1, 0.15) is 33.6 Å². The smallest absolute Gasteiger partial charge is 0.323 e. The lowest BCUT2D eigenvalue weighted by Crippen LogP contribution is -2.44. The Morgan fingerprint density at radius 3 is 2.45 bits per heavy atom. The van der Waals surface area contributed by atoms with Crippen molar-refractivity contribution in [1.82, 2.24) is 0 Å². The summed E-state index contributed by atoms with van der Waals surface area (Å²) in [4.78, 5) is 12.9. The van der Waals surface area contributed by atoms with Gasteiger partial charge in [0.2, 0.25) is 0 Å². The molecule has 0 aromatic heterocycles. The Morgan fingerprint density at radius 1 is 1.36 bits per heavy atom. The molecular weight excluding hydrogens is 278 g/mol. The molecule has 0 fully saturated rings. The van der Waals surface area contributed by atoms with Crippen LogP contribution in [0.3, 0.4) is 0 Å². The van der Waals surface area contributed by atoms with Gasteiger partial charge in [-0.15, -0.1) is 0 Å². The Balaban J connectivity index is 2.68. The molecule has 1 aromatic rings. The Morgan fingerprint density at radius 2 is 1.95 bits per heavy atom. The standard InChI is InChI=1S/C17H25N3O2/c1-13(9-11-17(3,19)16(21)22)10-12-20(14(2)18)15-7-5-4-6-8-15/h4-8,10,18H,9,11-12,19H2,1-3H3,(H,21,22)/b13-10-,18-14?/t17-/m0/s1. The van der Waals surface area contributed by atoms with E-state index in [2.05, 4.69) is 0 Å². The molecule has 0 amide bonds. The third kappa shape index (κ3) is 5.33. The van der Waals surface area contributed by atoms with Gasteiger partial charge in [0, 0.05) is 12.2 Å². The van der Waals surface area contributed by atoms with E-state index in [1.54, 1.807) is 6.92 Å². The van der Waals surface area contributed by atoms with Gasteiger partial charge in [0.25, 0.3) is 0 Å². The zero-order chi connectivity index (χ0) is 16.8. The number of carboxylic acids is 1. The number of carboxylic acid groups (broad SMARTS) is 1. The topological polar surface area (TPSA) is 90.4 Å². The summed E-state index contributed by atoms with van der Waals surface area (Å²) in [6.45, 7) is 5.82. The second-order valence-corrected chi connectivity index (χ2v) is 5.80. The highest BCUT2D eigenvalue weighted by Gasteiger charge is 2.27. The monoisotopic (exact) mass is 303 g/mol. The number of nitrogens with one attached hydrogen (secondary N) is 1. The molecule has 0 radical (unpaired) electrons. The average molecular weight is 303 g/mol. The highest BCUT2D eigenvalue weighted by Crippen LogP contribution is 2.17. The summed E-state index contributed by atoms with van der Waals surface area (Å²) in [6, 6.07) is 9.74. The largest absolute Gasteiger partial charge is 0.480 e. The van der Waals surface area contributed by atoms with Crippen LogP contribution in [0, 0.1) is 5.41 Å². The minimum Gasteiger partial charge on any atom is -0.480 e. The lowest BCUT2D eigenvalue weighted by molar-refractivity contribution is -0.142. The number of anilines is 1. The average Bonchev–Trinajstić information content (AvgIpc) is 2.46. The van der Waals surface area contributed by atoms with E-state index in [0.29, 0.717) is 25.2 Å². The van der Waals surface area contributed by atoms with Crippen molar-refractivity contribution in [2.24, 2.45) is 5.73 Å². The van der Waals surface area contributed by atoms with E-state index in [-0.39, 0.29) is 0 Å². The van der Waals surface area contributed by atoms with Crippen LogP contribution in [0.5, 0.6) is 0 Å². The predicted molar refractivity (Wildman–Crippen MR) is 90.4 cm³/mol. The first-order valence-corrected chi connectivity index (χ1v) is 7.29. The second-order valence-electron chi connectivity index (χ2n) is 5.80. The first-order valence-electron chi connectivity index (χ1n) is 7.29. The van der Waals surface area contributed by atoms with Crippen LogP contribution in [0.4, 0.5) is 5.69 Å². The normalized spacial score (nSPS) is 14.3. The Labute approximate surface area is 131 Å². The van der Waals surface area contributed by atoms with Gasteiger partial charge in [-0.1, -0.05) is 29.8 Å². The highest BCUT2D eigenvalue weighted by molar-refractivity contribution is 5.93. The molecular formula is C17H25N3O2. The molecule has 0 bridgehead atoms. The molecule has 1 rings (SSSR count). The number of nitrogens with zero attached hydrogens (tertiary/aromatic N) is 1. The first-order chi connectivity index (χ1) is 10.2. The van der Waals surface area contributed by atoms with Gasteiger partial charge in [0.05, 0.1) is 5.84 Å². The molecule has 0 unspecified atom stereocenters. The summed E-state index contributed by atoms with van der Waals surface area (Å²) in [5.74, 6) is -0.522. The second kappa shape index (κ2) is 7.75. The van der Waals surface area contributed by atoms with Crippen LogP contribution in [-0.2, 0) is 4.79 Å². The van der Waals surface area contributed by atoms with Crippen LogP contribution < -0.4 is 10.6 Å². The maximum atomic E-state index is 11.0. The minimum atomic E-state index is -1.20. The summed E-state index contributed by atoms with van der Waals surface area (Å²) < 4.78 is 0. The molecule has 5 heteroatoms. The molecule has 4 N–H and O–H groups in total. The van der Waals surface area contributed by atoms with Crippen LogP contribution in [0.15, 0.2) is 42.0 Å².